The van der Waals surface area contributed by atoms with Crippen molar-refractivity contribution in [1.82, 2.24) is 10.3 Å². The van der Waals surface area contributed by atoms with Crippen molar-refractivity contribution in [2.24, 2.45) is 5.92 Å². The van der Waals surface area contributed by atoms with E-state index in [2.05, 4.69) is 16.4 Å². The lowest BCUT2D eigenvalue weighted by molar-refractivity contribution is -0.119. The summed E-state index contributed by atoms with van der Waals surface area (Å²) in [4.78, 5) is 16.2. The molecule has 0 unspecified atom stereocenters. The number of hydrogen-bond acceptors (Lipinski definition) is 5. The minimum absolute atomic E-state index is 0.176. The molecule has 1 aliphatic carbocycles. The SMILES string of the molecule is C[C@@](C#N)(NC(=O)CSc1ncc(-c2ccccc2)o1)C1CC1. The molecule has 5 nitrogen and oxygen atoms in total. The molecular weight excluding hydrogens is 310 g/mol. The van der Waals surface area contributed by atoms with Crippen LogP contribution >= 0.6 is 11.8 Å². The van der Waals surface area contributed by atoms with Gasteiger partial charge in [-0.25, -0.2) is 4.98 Å². The van der Waals surface area contributed by atoms with Crippen LogP contribution in [-0.2, 0) is 4.79 Å². The summed E-state index contributed by atoms with van der Waals surface area (Å²) in [6, 6.07) is 11.9. The van der Waals surface area contributed by atoms with Crippen molar-refractivity contribution < 1.29 is 9.21 Å². The highest BCUT2D eigenvalue weighted by Gasteiger charge is 2.42. The fourth-order valence-corrected chi connectivity index (χ4v) is 3.00. The van der Waals surface area contributed by atoms with Crippen molar-refractivity contribution in [3.05, 3.63) is 36.5 Å². The second kappa shape index (κ2) is 6.47. The zero-order valence-corrected chi connectivity index (χ0v) is 13.6. The van der Waals surface area contributed by atoms with Gasteiger partial charge in [-0.05, 0) is 25.7 Å². The molecule has 0 saturated heterocycles. The zero-order chi connectivity index (χ0) is 16.3. The molecule has 1 amide bonds. The molecular formula is C17H17N3O2S. The van der Waals surface area contributed by atoms with Crippen molar-refractivity contribution in [2.75, 3.05) is 5.75 Å². The molecule has 2 aromatic rings. The maximum absolute atomic E-state index is 12.0. The van der Waals surface area contributed by atoms with E-state index in [0.29, 0.717) is 11.0 Å². The van der Waals surface area contributed by atoms with E-state index in [4.69, 9.17) is 4.42 Å². The van der Waals surface area contributed by atoms with Gasteiger partial charge in [0.2, 0.25) is 5.91 Å². The van der Waals surface area contributed by atoms with Crippen molar-refractivity contribution >= 4 is 17.7 Å². The minimum atomic E-state index is -0.760. The number of nitrogens with one attached hydrogen (secondary N) is 1. The third kappa shape index (κ3) is 3.74. The molecule has 1 aromatic heterocycles. The molecule has 23 heavy (non-hydrogen) atoms. The van der Waals surface area contributed by atoms with Gasteiger partial charge in [-0.3, -0.25) is 4.79 Å². The van der Waals surface area contributed by atoms with Crippen molar-refractivity contribution in [3.63, 3.8) is 0 Å². The van der Waals surface area contributed by atoms with Crippen LogP contribution in [0.5, 0.6) is 0 Å². The Balaban J connectivity index is 1.56. The summed E-state index contributed by atoms with van der Waals surface area (Å²) in [6.07, 6.45) is 3.65. The van der Waals surface area contributed by atoms with Crippen molar-refractivity contribution in [2.45, 2.75) is 30.5 Å². The maximum Gasteiger partial charge on any atom is 0.256 e. The standard InChI is InChI=1S/C17H17N3O2S/c1-17(11-18,13-7-8-13)20-15(21)10-23-16-19-9-14(22-16)12-5-3-2-4-6-12/h2-6,9,13H,7-8,10H2,1H3,(H,20,21)/t17-/m0/s1. The van der Waals surface area contributed by atoms with Gasteiger partial charge >= 0.3 is 0 Å². The van der Waals surface area contributed by atoms with Gasteiger partial charge in [0, 0.05) is 5.56 Å². The summed E-state index contributed by atoms with van der Waals surface area (Å²) in [6.45, 7) is 1.78. The van der Waals surface area contributed by atoms with Crippen LogP contribution < -0.4 is 5.32 Å². The second-order valence-electron chi connectivity index (χ2n) is 5.78. The van der Waals surface area contributed by atoms with E-state index in [1.807, 2.05) is 30.3 Å². The Bertz CT molecular complexity index is 734. The molecule has 0 bridgehead atoms. The van der Waals surface area contributed by atoms with Crippen LogP contribution in [0.2, 0.25) is 0 Å². The molecule has 6 heteroatoms. The number of benzene rings is 1. The van der Waals surface area contributed by atoms with Crippen molar-refractivity contribution in [1.29, 1.82) is 5.26 Å². The number of thioether (sulfide) groups is 1. The summed E-state index contributed by atoms with van der Waals surface area (Å²) in [5.41, 5.74) is 0.186. The van der Waals surface area contributed by atoms with Gasteiger partial charge in [0.05, 0.1) is 18.0 Å². The van der Waals surface area contributed by atoms with E-state index in [1.54, 1.807) is 13.1 Å². The van der Waals surface area contributed by atoms with E-state index in [0.717, 1.165) is 18.4 Å². The molecule has 0 spiro atoms. The van der Waals surface area contributed by atoms with Crippen LogP contribution in [0.3, 0.4) is 0 Å². The van der Waals surface area contributed by atoms with Gasteiger partial charge in [0.25, 0.3) is 5.22 Å². The average Bonchev–Trinajstić information content (AvgIpc) is 3.33. The van der Waals surface area contributed by atoms with Crippen LogP contribution in [0, 0.1) is 17.2 Å². The Kier molecular flexibility index (Phi) is 4.39. The highest BCUT2D eigenvalue weighted by Crippen LogP contribution is 2.39. The molecule has 1 saturated carbocycles. The van der Waals surface area contributed by atoms with E-state index < -0.39 is 5.54 Å². The molecule has 3 rings (SSSR count). The van der Waals surface area contributed by atoms with Gasteiger partial charge in [0.1, 0.15) is 5.54 Å². The van der Waals surface area contributed by atoms with Gasteiger partial charge in [0.15, 0.2) is 5.76 Å². The van der Waals surface area contributed by atoms with Crippen LogP contribution in [0.15, 0.2) is 46.2 Å². The molecule has 0 aliphatic heterocycles. The van der Waals surface area contributed by atoms with Crippen molar-refractivity contribution in [3.8, 4) is 17.4 Å². The Morgan fingerprint density at radius 2 is 2.22 bits per heavy atom. The molecule has 1 aromatic carbocycles. The molecule has 1 N–H and O–H groups in total. The third-order valence-corrected chi connectivity index (χ3v) is 4.74. The largest absolute Gasteiger partial charge is 0.431 e. The molecule has 1 atom stereocenters. The lowest BCUT2D eigenvalue weighted by atomic mass is 9.98. The number of hydrogen-bond donors (Lipinski definition) is 1. The van der Waals surface area contributed by atoms with E-state index >= 15 is 0 Å². The van der Waals surface area contributed by atoms with Crippen LogP contribution in [0.4, 0.5) is 0 Å². The Hall–Kier alpha value is -2.26. The Labute approximate surface area is 139 Å². The second-order valence-corrected chi connectivity index (χ2v) is 6.71. The first-order valence-electron chi connectivity index (χ1n) is 7.47. The number of carbonyl (C=O) groups excluding carboxylic acids is 1. The summed E-state index contributed by atoms with van der Waals surface area (Å²) >= 11 is 1.23. The van der Waals surface area contributed by atoms with Gasteiger partial charge < -0.3 is 9.73 Å². The average molecular weight is 327 g/mol. The molecule has 1 aliphatic rings. The van der Waals surface area contributed by atoms with Gasteiger partial charge in [-0.1, -0.05) is 42.1 Å². The normalized spacial score (nSPS) is 16.3. The minimum Gasteiger partial charge on any atom is -0.431 e. The van der Waals surface area contributed by atoms with Gasteiger partial charge in [-0.15, -0.1) is 0 Å². The predicted octanol–water partition coefficient (Wildman–Crippen LogP) is 3.24. The molecule has 0 radical (unpaired) electrons. The fraction of sp³-hybridized carbons (Fsp3) is 0.353. The first-order valence-corrected chi connectivity index (χ1v) is 8.45. The van der Waals surface area contributed by atoms with Crippen LogP contribution in [-0.4, -0.2) is 22.2 Å². The molecule has 118 valence electrons. The summed E-state index contributed by atoms with van der Waals surface area (Å²) < 4.78 is 5.64. The summed E-state index contributed by atoms with van der Waals surface area (Å²) in [5.74, 6) is 0.949. The maximum atomic E-state index is 12.0. The number of rotatable bonds is 6. The number of carbonyl (C=O) groups is 1. The number of oxazole rings is 1. The molecule has 1 fully saturated rings. The summed E-state index contributed by atoms with van der Waals surface area (Å²) in [5, 5.41) is 12.5. The summed E-state index contributed by atoms with van der Waals surface area (Å²) in [7, 11) is 0. The highest BCUT2D eigenvalue weighted by molar-refractivity contribution is 7.99. The first kappa shape index (κ1) is 15.6. The number of nitrogens with zero attached hydrogens (tertiary/aromatic N) is 2. The first-order chi connectivity index (χ1) is 11.1. The quantitative estimate of drug-likeness (QED) is 0.824. The monoisotopic (exact) mass is 327 g/mol. The van der Waals surface area contributed by atoms with E-state index in [9.17, 15) is 10.1 Å². The Morgan fingerprint density at radius 3 is 2.87 bits per heavy atom. The van der Waals surface area contributed by atoms with E-state index in [1.165, 1.54) is 11.8 Å². The fourth-order valence-electron chi connectivity index (χ4n) is 2.40. The Morgan fingerprint density at radius 1 is 1.48 bits per heavy atom. The van der Waals surface area contributed by atoms with E-state index in [-0.39, 0.29) is 17.6 Å². The third-order valence-electron chi connectivity index (χ3n) is 3.89. The van der Waals surface area contributed by atoms with Crippen LogP contribution in [0.25, 0.3) is 11.3 Å². The highest BCUT2D eigenvalue weighted by atomic mass is 32.2. The van der Waals surface area contributed by atoms with Gasteiger partial charge in [-0.2, -0.15) is 5.26 Å². The number of amides is 1. The molecule has 1 heterocycles. The lowest BCUT2D eigenvalue weighted by Crippen LogP contribution is -2.47. The number of nitriles is 1. The zero-order valence-electron chi connectivity index (χ0n) is 12.8. The predicted molar refractivity (Wildman–Crippen MR) is 87.5 cm³/mol. The number of aromatic nitrogens is 1. The van der Waals surface area contributed by atoms with Crippen LogP contribution in [0.1, 0.15) is 19.8 Å². The smallest absolute Gasteiger partial charge is 0.256 e. The lowest BCUT2D eigenvalue weighted by Gasteiger charge is -2.22. The topological polar surface area (TPSA) is 78.9 Å².